The van der Waals surface area contributed by atoms with Gasteiger partial charge in [-0.15, -0.1) is 0 Å². The van der Waals surface area contributed by atoms with Gasteiger partial charge in [0, 0.05) is 0 Å². The van der Waals surface area contributed by atoms with Gasteiger partial charge in [-0.05, 0) is 64.6 Å². The van der Waals surface area contributed by atoms with Crippen molar-refractivity contribution < 1.29 is 9.53 Å². The van der Waals surface area contributed by atoms with Crippen molar-refractivity contribution >= 4 is 38.0 Å². The molecule has 3 nitrogen and oxygen atoms in total. The van der Waals surface area contributed by atoms with Crippen LogP contribution in [0.3, 0.4) is 0 Å². The molecule has 1 amide bonds. The minimum atomic E-state index is -0.471. The fourth-order valence-corrected chi connectivity index (χ4v) is 1.55. The standard InChI is InChI=1S/C11H19Br2NO2/c1-7(2)8(6-9(12)13)14-10(15)16-11(3,4)5/h6-8H,1-5H3,(H,14,15). The smallest absolute Gasteiger partial charge is 0.408 e. The van der Waals surface area contributed by atoms with Crippen molar-refractivity contribution in [3.05, 3.63) is 9.47 Å². The molecule has 0 aromatic carbocycles. The molecule has 0 radical (unpaired) electrons. The molecule has 0 saturated carbocycles. The van der Waals surface area contributed by atoms with E-state index >= 15 is 0 Å². The Morgan fingerprint density at radius 2 is 1.81 bits per heavy atom. The second-order valence-electron chi connectivity index (χ2n) is 4.87. The van der Waals surface area contributed by atoms with Gasteiger partial charge < -0.3 is 10.1 Å². The molecule has 94 valence electrons. The molecular formula is C11H19Br2NO2. The van der Waals surface area contributed by atoms with E-state index in [1.165, 1.54) is 0 Å². The molecule has 0 bridgehead atoms. The first-order valence-electron chi connectivity index (χ1n) is 5.14. The molecule has 0 aliphatic carbocycles. The number of hydrogen-bond donors (Lipinski definition) is 1. The summed E-state index contributed by atoms with van der Waals surface area (Å²) >= 11 is 6.56. The van der Waals surface area contributed by atoms with Crippen LogP contribution in [0, 0.1) is 5.92 Å². The normalized spacial score (nSPS) is 13.2. The minimum absolute atomic E-state index is 0.0661. The molecule has 5 heteroatoms. The first-order valence-corrected chi connectivity index (χ1v) is 6.73. The van der Waals surface area contributed by atoms with Gasteiger partial charge in [-0.3, -0.25) is 0 Å². The van der Waals surface area contributed by atoms with Crippen LogP contribution in [0.25, 0.3) is 0 Å². The first kappa shape index (κ1) is 16.0. The maximum absolute atomic E-state index is 11.6. The lowest BCUT2D eigenvalue weighted by molar-refractivity contribution is 0.0504. The highest BCUT2D eigenvalue weighted by Crippen LogP contribution is 2.17. The van der Waals surface area contributed by atoms with E-state index in [9.17, 15) is 4.79 Å². The second-order valence-corrected chi connectivity index (χ2v) is 7.65. The number of ether oxygens (including phenoxy) is 1. The van der Waals surface area contributed by atoms with Gasteiger partial charge in [-0.2, -0.15) is 0 Å². The molecule has 0 heterocycles. The van der Waals surface area contributed by atoms with E-state index in [0.29, 0.717) is 0 Å². The van der Waals surface area contributed by atoms with E-state index in [2.05, 4.69) is 37.2 Å². The molecule has 0 spiro atoms. The largest absolute Gasteiger partial charge is 0.444 e. The molecular weight excluding hydrogens is 338 g/mol. The molecule has 0 aliphatic heterocycles. The fourth-order valence-electron chi connectivity index (χ4n) is 0.980. The highest BCUT2D eigenvalue weighted by Gasteiger charge is 2.20. The Balaban J connectivity index is 4.42. The van der Waals surface area contributed by atoms with Gasteiger partial charge in [0.05, 0.1) is 9.43 Å². The molecule has 0 aliphatic rings. The number of hydrogen-bond acceptors (Lipinski definition) is 2. The summed E-state index contributed by atoms with van der Waals surface area (Å²) in [5, 5.41) is 2.81. The van der Waals surface area contributed by atoms with E-state index in [1.807, 2.05) is 40.7 Å². The predicted octanol–water partition coefficient (Wildman–Crippen LogP) is 4.17. The van der Waals surface area contributed by atoms with Crippen LogP contribution in [-0.4, -0.2) is 17.7 Å². The van der Waals surface area contributed by atoms with E-state index in [1.54, 1.807) is 0 Å². The van der Waals surface area contributed by atoms with Crippen LogP contribution in [0.4, 0.5) is 4.79 Å². The Morgan fingerprint density at radius 3 is 2.12 bits per heavy atom. The summed E-state index contributed by atoms with van der Waals surface area (Å²) in [7, 11) is 0. The van der Waals surface area contributed by atoms with Crippen molar-refractivity contribution in [3.8, 4) is 0 Å². The van der Waals surface area contributed by atoms with Crippen molar-refractivity contribution in [2.45, 2.75) is 46.3 Å². The zero-order valence-electron chi connectivity index (χ0n) is 10.3. The van der Waals surface area contributed by atoms with Crippen LogP contribution in [0.2, 0.25) is 0 Å². The highest BCUT2D eigenvalue weighted by molar-refractivity contribution is 9.28. The molecule has 1 unspecified atom stereocenters. The predicted molar refractivity (Wildman–Crippen MR) is 73.9 cm³/mol. The minimum Gasteiger partial charge on any atom is -0.444 e. The number of alkyl carbamates (subject to hydrolysis) is 1. The molecule has 1 atom stereocenters. The molecule has 1 N–H and O–H groups in total. The Bertz CT molecular complexity index is 266. The first-order chi connectivity index (χ1) is 7.11. The Hall–Kier alpha value is -0.0300. The fraction of sp³-hybridized carbons (Fsp3) is 0.727. The van der Waals surface area contributed by atoms with Crippen LogP contribution in [-0.2, 0) is 4.74 Å². The number of nitrogens with one attached hydrogen (secondary N) is 1. The number of carbonyl (C=O) groups is 1. The van der Waals surface area contributed by atoms with Crippen molar-refractivity contribution in [1.82, 2.24) is 5.32 Å². The average molecular weight is 357 g/mol. The van der Waals surface area contributed by atoms with Crippen LogP contribution >= 0.6 is 31.9 Å². The van der Waals surface area contributed by atoms with E-state index in [0.717, 1.165) is 3.39 Å². The van der Waals surface area contributed by atoms with Gasteiger partial charge in [0.2, 0.25) is 0 Å². The zero-order valence-corrected chi connectivity index (χ0v) is 13.5. The number of halogens is 2. The summed E-state index contributed by atoms with van der Waals surface area (Å²) in [6.45, 7) is 9.58. The molecule has 0 aromatic rings. The summed E-state index contributed by atoms with van der Waals surface area (Å²) in [5.74, 6) is 0.289. The lowest BCUT2D eigenvalue weighted by Crippen LogP contribution is -2.40. The molecule has 0 aromatic heterocycles. The van der Waals surface area contributed by atoms with Crippen LogP contribution < -0.4 is 5.32 Å². The van der Waals surface area contributed by atoms with Gasteiger partial charge in [-0.25, -0.2) is 4.79 Å². The van der Waals surface area contributed by atoms with Gasteiger partial charge in [-0.1, -0.05) is 13.8 Å². The Labute approximate surface area is 114 Å². The van der Waals surface area contributed by atoms with Gasteiger partial charge >= 0.3 is 6.09 Å². The van der Waals surface area contributed by atoms with Gasteiger partial charge in [0.1, 0.15) is 5.60 Å². The Morgan fingerprint density at radius 1 is 1.31 bits per heavy atom. The van der Waals surface area contributed by atoms with E-state index < -0.39 is 11.7 Å². The third-order valence-corrected chi connectivity index (χ3v) is 2.24. The zero-order chi connectivity index (χ0) is 12.9. The highest BCUT2D eigenvalue weighted by atomic mass is 79.9. The van der Waals surface area contributed by atoms with Gasteiger partial charge in [0.15, 0.2) is 0 Å². The SMILES string of the molecule is CC(C)C(C=C(Br)Br)NC(=O)OC(C)(C)C. The monoisotopic (exact) mass is 355 g/mol. The number of carbonyl (C=O) groups excluding carboxylic acids is 1. The summed E-state index contributed by atoms with van der Waals surface area (Å²) in [6, 6.07) is -0.0661. The van der Waals surface area contributed by atoms with Crippen LogP contribution in [0.5, 0.6) is 0 Å². The van der Waals surface area contributed by atoms with Crippen molar-refractivity contribution in [2.24, 2.45) is 5.92 Å². The Kier molecular flexibility index (Phi) is 6.63. The molecule has 0 saturated heterocycles. The molecule has 16 heavy (non-hydrogen) atoms. The summed E-state index contributed by atoms with van der Waals surface area (Å²) in [6.07, 6.45) is 1.48. The maximum Gasteiger partial charge on any atom is 0.408 e. The third kappa shape index (κ3) is 8.16. The van der Waals surface area contributed by atoms with Crippen molar-refractivity contribution in [3.63, 3.8) is 0 Å². The van der Waals surface area contributed by atoms with Crippen LogP contribution in [0.15, 0.2) is 9.47 Å². The van der Waals surface area contributed by atoms with E-state index in [-0.39, 0.29) is 12.0 Å². The second kappa shape index (κ2) is 6.64. The quantitative estimate of drug-likeness (QED) is 0.824. The topological polar surface area (TPSA) is 38.3 Å². The summed E-state index contributed by atoms with van der Waals surface area (Å²) in [5.41, 5.74) is -0.471. The maximum atomic E-state index is 11.6. The van der Waals surface area contributed by atoms with E-state index in [4.69, 9.17) is 4.74 Å². The number of rotatable bonds is 3. The van der Waals surface area contributed by atoms with Crippen molar-refractivity contribution in [2.75, 3.05) is 0 Å². The average Bonchev–Trinajstić information content (AvgIpc) is 1.97. The van der Waals surface area contributed by atoms with Crippen molar-refractivity contribution in [1.29, 1.82) is 0 Å². The third-order valence-electron chi connectivity index (χ3n) is 1.71. The summed E-state index contributed by atoms with van der Waals surface area (Å²) < 4.78 is 6.00. The van der Waals surface area contributed by atoms with Crippen LogP contribution in [0.1, 0.15) is 34.6 Å². The number of amides is 1. The lowest BCUT2D eigenvalue weighted by Gasteiger charge is -2.24. The van der Waals surface area contributed by atoms with Gasteiger partial charge in [0.25, 0.3) is 0 Å². The summed E-state index contributed by atoms with van der Waals surface area (Å²) in [4.78, 5) is 11.6. The molecule has 0 fully saturated rings. The molecule has 0 rings (SSSR count). The lowest BCUT2D eigenvalue weighted by atomic mass is 10.1.